The molecule has 0 aliphatic rings. The zero-order chi connectivity index (χ0) is 17.1. The molecule has 0 unspecified atom stereocenters. The predicted octanol–water partition coefficient (Wildman–Crippen LogP) is 4.01. The lowest BCUT2D eigenvalue weighted by molar-refractivity contribution is 0.1000. The van der Waals surface area contributed by atoms with Crippen molar-refractivity contribution in [3.05, 3.63) is 70.7 Å². The van der Waals surface area contributed by atoms with Crippen molar-refractivity contribution in [1.82, 2.24) is 4.98 Å². The molecule has 0 saturated carbocycles. The number of carbonyl (C=O) groups is 1. The van der Waals surface area contributed by atoms with E-state index in [1.807, 2.05) is 25.1 Å². The highest BCUT2D eigenvalue weighted by molar-refractivity contribution is 6.30. The van der Waals surface area contributed by atoms with Gasteiger partial charge in [0, 0.05) is 21.8 Å². The van der Waals surface area contributed by atoms with Gasteiger partial charge in [-0.1, -0.05) is 17.7 Å². The van der Waals surface area contributed by atoms with Crippen LogP contribution in [0.1, 0.15) is 21.8 Å². The minimum absolute atomic E-state index is 0.399. The third-order valence-corrected chi connectivity index (χ3v) is 3.96. The van der Waals surface area contributed by atoms with Crippen molar-refractivity contribution in [2.45, 2.75) is 13.5 Å². The fourth-order valence-electron chi connectivity index (χ4n) is 2.40. The number of nitrogens with two attached hydrogens (primary N) is 1. The molecule has 0 aliphatic carbocycles. The summed E-state index contributed by atoms with van der Waals surface area (Å²) in [5.74, 6) is 0.771. The van der Waals surface area contributed by atoms with Gasteiger partial charge in [-0.3, -0.25) is 4.79 Å². The van der Waals surface area contributed by atoms with E-state index in [1.54, 1.807) is 30.5 Å². The van der Waals surface area contributed by atoms with Crippen LogP contribution < -0.4 is 11.1 Å². The summed E-state index contributed by atoms with van der Waals surface area (Å²) in [7, 11) is 0. The SMILES string of the molecule is Cc1c(NCc2ncc(-c3ccc(Cl)cc3)o2)cccc1C(N)=O. The lowest BCUT2D eigenvalue weighted by Crippen LogP contribution is -2.13. The predicted molar refractivity (Wildman–Crippen MR) is 94.0 cm³/mol. The van der Waals surface area contributed by atoms with Crippen LogP contribution in [0.3, 0.4) is 0 Å². The van der Waals surface area contributed by atoms with Gasteiger partial charge < -0.3 is 15.5 Å². The van der Waals surface area contributed by atoms with E-state index in [0.29, 0.717) is 28.8 Å². The molecule has 0 spiro atoms. The monoisotopic (exact) mass is 341 g/mol. The number of nitrogens with one attached hydrogen (secondary N) is 1. The Bertz CT molecular complexity index is 872. The van der Waals surface area contributed by atoms with E-state index in [0.717, 1.165) is 16.8 Å². The van der Waals surface area contributed by atoms with E-state index >= 15 is 0 Å². The first-order chi connectivity index (χ1) is 11.5. The molecule has 0 bridgehead atoms. The molecule has 2 aromatic carbocycles. The second-order valence-electron chi connectivity index (χ2n) is 5.32. The maximum atomic E-state index is 11.4. The van der Waals surface area contributed by atoms with Gasteiger partial charge in [-0.15, -0.1) is 0 Å². The van der Waals surface area contributed by atoms with Gasteiger partial charge in [0.25, 0.3) is 0 Å². The van der Waals surface area contributed by atoms with Crippen LogP contribution >= 0.6 is 11.6 Å². The summed E-state index contributed by atoms with van der Waals surface area (Å²) >= 11 is 5.88. The molecule has 3 rings (SSSR count). The summed E-state index contributed by atoms with van der Waals surface area (Å²) in [5.41, 5.74) is 8.38. The van der Waals surface area contributed by atoms with E-state index in [-0.39, 0.29) is 0 Å². The number of hydrogen-bond acceptors (Lipinski definition) is 4. The molecule has 1 aromatic heterocycles. The molecule has 1 amide bonds. The molecule has 5 nitrogen and oxygen atoms in total. The van der Waals surface area contributed by atoms with Gasteiger partial charge in [-0.2, -0.15) is 0 Å². The van der Waals surface area contributed by atoms with Gasteiger partial charge >= 0.3 is 0 Å². The van der Waals surface area contributed by atoms with Crippen LogP contribution in [0.4, 0.5) is 5.69 Å². The minimum atomic E-state index is -0.447. The topological polar surface area (TPSA) is 81.2 Å². The van der Waals surface area contributed by atoms with Crippen molar-refractivity contribution in [1.29, 1.82) is 0 Å². The van der Waals surface area contributed by atoms with Crippen molar-refractivity contribution < 1.29 is 9.21 Å². The fraction of sp³-hybridized carbons (Fsp3) is 0.111. The lowest BCUT2D eigenvalue weighted by atomic mass is 10.1. The summed E-state index contributed by atoms with van der Waals surface area (Å²) in [6.45, 7) is 2.24. The van der Waals surface area contributed by atoms with Crippen LogP contribution in [-0.4, -0.2) is 10.9 Å². The van der Waals surface area contributed by atoms with Gasteiger partial charge in [0.2, 0.25) is 11.8 Å². The zero-order valence-electron chi connectivity index (χ0n) is 13.0. The molecule has 1 heterocycles. The number of carbonyl (C=O) groups excluding carboxylic acids is 1. The van der Waals surface area contributed by atoms with E-state index < -0.39 is 5.91 Å². The average molecular weight is 342 g/mol. The molecule has 0 aliphatic heterocycles. The number of hydrogen-bond donors (Lipinski definition) is 2. The smallest absolute Gasteiger partial charge is 0.249 e. The van der Waals surface area contributed by atoms with Gasteiger partial charge in [-0.05, 0) is 48.9 Å². The first kappa shape index (κ1) is 16.1. The van der Waals surface area contributed by atoms with Crippen molar-refractivity contribution in [2.75, 3.05) is 5.32 Å². The second-order valence-corrected chi connectivity index (χ2v) is 5.76. The number of nitrogens with zero attached hydrogens (tertiary/aromatic N) is 1. The van der Waals surface area contributed by atoms with Crippen molar-refractivity contribution >= 4 is 23.2 Å². The maximum Gasteiger partial charge on any atom is 0.249 e. The van der Waals surface area contributed by atoms with Gasteiger partial charge in [0.05, 0.1) is 12.7 Å². The van der Waals surface area contributed by atoms with Crippen molar-refractivity contribution in [3.63, 3.8) is 0 Å². The Morgan fingerprint density at radius 3 is 2.71 bits per heavy atom. The van der Waals surface area contributed by atoms with Gasteiger partial charge in [-0.25, -0.2) is 4.98 Å². The van der Waals surface area contributed by atoms with E-state index in [2.05, 4.69) is 10.3 Å². The second kappa shape index (κ2) is 6.76. The summed E-state index contributed by atoms with van der Waals surface area (Å²) in [5, 5.41) is 3.88. The Kier molecular flexibility index (Phi) is 4.53. The highest BCUT2D eigenvalue weighted by Gasteiger charge is 2.10. The van der Waals surface area contributed by atoms with Crippen LogP contribution in [0.5, 0.6) is 0 Å². The molecule has 24 heavy (non-hydrogen) atoms. The maximum absolute atomic E-state index is 11.4. The minimum Gasteiger partial charge on any atom is -0.439 e. The summed E-state index contributed by atoms with van der Waals surface area (Å²) < 4.78 is 5.74. The Labute approximate surface area is 144 Å². The molecule has 0 atom stereocenters. The third-order valence-electron chi connectivity index (χ3n) is 3.71. The Morgan fingerprint density at radius 1 is 1.25 bits per heavy atom. The van der Waals surface area contributed by atoms with Crippen LogP contribution in [0, 0.1) is 6.92 Å². The molecule has 0 saturated heterocycles. The number of benzene rings is 2. The lowest BCUT2D eigenvalue weighted by Gasteiger charge is -2.10. The van der Waals surface area contributed by atoms with Crippen LogP contribution in [0.2, 0.25) is 5.02 Å². The highest BCUT2D eigenvalue weighted by Crippen LogP contribution is 2.23. The molecule has 0 fully saturated rings. The molecular formula is C18H16ClN3O2. The molecule has 6 heteroatoms. The summed E-state index contributed by atoms with van der Waals surface area (Å²) in [6, 6.07) is 12.7. The van der Waals surface area contributed by atoms with E-state index in [4.69, 9.17) is 21.8 Å². The number of aromatic nitrogens is 1. The number of amides is 1. The zero-order valence-corrected chi connectivity index (χ0v) is 13.8. The standard InChI is InChI=1S/C18H16ClN3O2/c1-11-14(18(20)23)3-2-4-15(11)21-10-17-22-9-16(24-17)12-5-7-13(19)8-6-12/h2-9,21H,10H2,1H3,(H2,20,23). The van der Waals surface area contributed by atoms with Crippen LogP contribution in [0.25, 0.3) is 11.3 Å². The molecule has 3 aromatic rings. The molecule has 0 radical (unpaired) electrons. The normalized spacial score (nSPS) is 10.6. The number of anilines is 1. The van der Waals surface area contributed by atoms with Crippen LogP contribution in [0.15, 0.2) is 53.1 Å². The first-order valence-corrected chi connectivity index (χ1v) is 7.76. The average Bonchev–Trinajstić information content (AvgIpc) is 3.03. The summed E-state index contributed by atoms with van der Waals surface area (Å²) in [4.78, 5) is 15.7. The van der Waals surface area contributed by atoms with Crippen molar-refractivity contribution in [3.8, 4) is 11.3 Å². The first-order valence-electron chi connectivity index (χ1n) is 7.38. The van der Waals surface area contributed by atoms with Gasteiger partial charge in [0.15, 0.2) is 5.76 Å². The molecule has 3 N–H and O–H groups in total. The van der Waals surface area contributed by atoms with E-state index in [9.17, 15) is 4.79 Å². The Balaban J connectivity index is 1.73. The largest absolute Gasteiger partial charge is 0.439 e. The number of primary amides is 1. The molecule has 122 valence electrons. The van der Waals surface area contributed by atoms with E-state index in [1.165, 1.54) is 0 Å². The Hall–Kier alpha value is -2.79. The number of rotatable bonds is 5. The van der Waals surface area contributed by atoms with Crippen molar-refractivity contribution in [2.24, 2.45) is 5.73 Å². The summed E-state index contributed by atoms with van der Waals surface area (Å²) in [6.07, 6.45) is 1.67. The number of halogens is 1. The molecular weight excluding hydrogens is 326 g/mol. The Morgan fingerprint density at radius 2 is 2.00 bits per heavy atom. The van der Waals surface area contributed by atoms with Gasteiger partial charge in [0.1, 0.15) is 0 Å². The van der Waals surface area contributed by atoms with Crippen LogP contribution in [-0.2, 0) is 6.54 Å². The number of oxazole rings is 1. The quantitative estimate of drug-likeness (QED) is 0.734. The highest BCUT2D eigenvalue weighted by atomic mass is 35.5. The fourth-order valence-corrected chi connectivity index (χ4v) is 2.53. The third kappa shape index (κ3) is 3.41.